The van der Waals surface area contributed by atoms with Gasteiger partial charge in [-0.15, -0.1) is 0 Å². The molecule has 1 saturated carbocycles. The van der Waals surface area contributed by atoms with Crippen LogP contribution in [0, 0.1) is 11.2 Å². The Kier molecular flexibility index (Phi) is 3.42. The molecule has 0 atom stereocenters. The molecule has 19 heavy (non-hydrogen) atoms. The summed E-state index contributed by atoms with van der Waals surface area (Å²) in [6, 6.07) is 3.03. The van der Waals surface area contributed by atoms with Crippen molar-refractivity contribution < 1.29 is 19.1 Å². The zero-order valence-corrected chi connectivity index (χ0v) is 10.5. The van der Waals surface area contributed by atoms with Gasteiger partial charge in [0.05, 0.1) is 11.3 Å². The minimum atomic E-state index is -1.29. The minimum absolute atomic E-state index is 0.127. The lowest BCUT2D eigenvalue weighted by molar-refractivity contribution is 0.0697. The van der Waals surface area contributed by atoms with Crippen molar-refractivity contribution in [1.29, 1.82) is 0 Å². The number of para-hydroxylation sites is 1. The summed E-state index contributed by atoms with van der Waals surface area (Å²) in [6.45, 7) is 2.54. The van der Waals surface area contributed by atoms with Crippen LogP contribution in [0.25, 0.3) is 0 Å². The van der Waals surface area contributed by atoms with Gasteiger partial charge in [-0.05, 0) is 30.4 Å². The predicted octanol–water partition coefficient (Wildman–Crippen LogP) is 2.45. The zero-order chi connectivity index (χ0) is 14.0. The Morgan fingerprint density at radius 1 is 1.42 bits per heavy atom. The van der Waals surface area contributed by atoms with Gasteiger partial charge in [-0.25, -0.2) is 14.0 Å². The van der Waals surface area contributed by atoms with Crippen molar-refractivity contribution in [3.8, 4) is 0 Å². The van der Waals surface area contributed by atoms with Crippen LogP contribution in [0.5, 0.6) is 0 Å². The van der Waals surface area contributed by atoms with Gasteiger partial charge in [0.25, 0.3) is 0 Å². The Balaban J connectivity index is 2.05. The number of anilines is 1. The number of aromatic carboxylic acids is 1. The molecule has 0 radical (unpaired) electrons. The molecule has 1 aliphatic rings. The first-order chi connectivity index (χ1) is 8.91. The number of amides is 2. The Morgan fingerprint density at radius 2 is 2.11 bits per heavy atom. The van der Waals surface area contributed by atoms with Crippen LogP contribution in [0.1, 0.15) is 30.1 Å². The molecule has 0 saturated heterocycles. The van der Waals surface area contributed by atoms with Gasteiger partial charge in [0.1, 0.15) is 5.82 Å². The number of rotatable bonds is 4. The van der Waals surface area contributed by atoms with E-state index in [-0.39, 0.29) is 16.7 Å². The number of carboxylic acids is 1. The summed E-state index contributed by atoms with van der Waals surface area (Å²) in [5.41, 5.74) is -0.455. The highest BCUT2D eigenvalue weighted by Crippen LogP contribution is 2.44. The van der Waals surface area contributed by atoms with E-state index in [2.05, 4.69) is 10.6 Å². The van der Waals surface area contributed by atoms with Crippen LogP contribution in [0.4, 0.5) is 14.9 Å². The third-order valence-electron chi connectivity index (χ3n) is 3.26. The summed E-state index contributed by atoms with van der Waals surface area (Å²) in [5, 5.41) is 13.8. The first kappa shape index (κ1) is 13.3. The van der Waals surface area contributed by atoms with Crippen molar-refractivity contribution in [2.45, 2.75) is 19.8 Å². The van der Waals surface area contributed by atoms with Crippen molar-refractivity contribution >= 4 is 17.7 Å². The van der Waals surface area contributed by atoms with Gasteiger partial charge in [-0.3, -0.25) is 0 Å². The number of carbonyl (C=O) groups excluding carboxylic acids is 1. The molecule has 6 heteroatoms. The fraction of sp³-hybridized carbons (Fsp3) is 0.385. The lowest BCUT2D eigenvalue weighted by Gasteiger charge is -2.13. The highest BCUT2D eigenvalue weighted by atomic mass is 19.1. The second-order valence-electron chi connectivity index (χ2n) is 5.09. The smallest absolute Gasteiger partial charge is 0.337 e. The normalized spacial score (nSPS) is 15.7. The van der Waals surface area contributed by atoms with Crippen molar-refractivity contribution in [3.05, 3.63) is 29.6 Å². The average molecular weight is 266 g/mol. The quantitative estimate of drug-likeness (QED) is 0.783. The van der Waals surface area contributed by atoms with Crippen molar-refractivity contribution in [1.82, 2.24) is 5.32 Å². The Morgan fingerprint density at radius 3 is 2.68 bits per heavy atom. The molecule has 5 nitrogen and oxygen atoms in total. The predicted molar refractivity (Wildman–Crippen MR) is 67.7 cm³/mol. The summed E-state index contributed by atoms with van der Waals surface area (Å²) in [7, 11) is 0. The zero-order valence-electron chi connectivity index (χ0n) is 10.5. The molecule has 0 aliphatic heterocycles. The topological polar surface area (TPSA) is 78.4 Å². The number of carbonyl (C=O) groups is 2. The van der Waals surface area contributed by atoms with E-state index >= 15 is 0 Å². The van der Waals surface area contributed by atoms with E-state index in [0.29, 0.717) is 6.54 Å². The maximum absolute atomic E-state index is 13.6. The third-order valence-corrected chi connectivity index (χ3v) is 3.26. The molecule has 102 valence electrons. The van der Waals surface area contributed by atoms with Gasteiger partial charge in [0, 0.05) is 6.54 Å². The molecule has 2 rings (SSSR count). The van der Waals surface area contributed by atoms with Gasteiger partial charge in [0.15, 0.2) is 0 Å². The van der Waals surface area contributed by atoms with Gasteiger partial charge < -0.3 is 15.7 Å². The van der Waals surface area contributed by atoms with Crippen LogP contribution in [0.3, 0.4) is 0 Å². The Hall–Kier alpha value is -2.11. The second kappa shape index (κ2) is 4.87. The molecule has 0 aromatic heterocycles. The number of nitrogens with one attached hydrogen (secondary N) is 2. The average Bonchev–Trinajstić information content (AvgIpc) is 3.08. The Labute approximate surface area is 109 Å². The van der Waals surface area contributed by atoms with Crippen LogP contribution in [0.15, 0.2) is 18.2 Å². The summed E-state index contributed by atoms with van der Waals surface area (Å²) >= 11 is 0. The van der Waals surface area contributed by atoms with Crippen LogP contribution in [-0.2, 0) is 0 Å². The molecular formula is C13H15FN2O3. The summed E-state index contributed by atoms with van der Waals surface area (Å²) < 4.78 is 13.6. The molecule has 0 bridgehead atoms. The van der Waals surface area contributed by atoms with E-state index in [4.69, 9.17) is 5.11 Å². The van der Waals surface area contributed by atoms with E-state index in [1.54, 1.807) is 0 Å². The van der Waals surface area contributed by atoms with Crippen LogP contribution < -0.4 is 10.6 Å². The van der Waals surface area contributed by atoms with Gasteiger partial charge in [-0.1, -0.05) is 13.0 Å². The molecule has 3 N–H and O–H groups in total. The number of urea groups is 1. The molecule has 1 aromatic rings. The largest absolute Gasteiger partial charge is 0.478 e. The third kappa shape index (κ3) is 3.21. The molecular weight excluding hydrogens is 251 g/mol. The maximum atomic E-state index is 13.6. The number of carboxylic acid groups (broad SMARTS) is 1. The summed E-state index contributed by atoms with van der Waals surface area (Å²) in [5.74, 6) is -2.06. The van der Waals surface area contributed by atoms with E-state index in [0.717, 1.165) is 18.9 Å². The first-order valence-corrected chi connectivity index (χ1v) is 5.98. The van der Waals surface area contributed by atoms with Crippen LogP contribution in [0.2, 0.25) is 0 Å². The standard InChI is InChI=1S/C13H15FN2O3/c1-13(5-6-13)7-15-12(19)16-10-8(11(17)18)3-2-4-9(10)14/h2-4H,5-7H2,1H3,(H,17,18)(H2,15,16,19). The van der Waals surface area contributed by atoms with Crippen molar-refractivity contribution in [3.63, 3.8) is 0 Å². The highest BCUT2D eigenvalue weighted by molar-refractivity contribution is 6.00. The highest BCUT2D eigenvalue weighted by Gasteiger charge is 2.37. The fourth-order valence-corrected chi connectivity index (χ4v) is 1.67. The van der Waals surface area contributed by atoms with Crippen molar-refractivity contribution in [2.75, 3.05) is 11.9 Å². The number of halogens is 1. The lowest BCUT2D eigenvalue weighted by Crippen LogP contribution is -2.33. The van der Waals surface area contributed by atoms with Gasteiger partial charge in [0.2, 0.25) is 0 Å². The van der Waals surface area contributed by atoms with E-state index < -0.39 is 17.8 Å². The maximum Gasteiger partial charge on any atom is 0.337 e. The van der Waals surface area contributed by atoms with Gasteiger partial charge in [-0.2, -0.15) is 0 Å². The molecule has 0 heterocycles. The SMILES string of the molecule is CC1(CNC(=O)Nc2c(F)cccc2C(=O)O)CC1. The molecule has 0 spiro atoms. The second-order valence-corrected chi connectivity index (χ2v) is 5.09. The monoisotopic (exact) mass is 266 g/mol. The van der Waals surface area contributed by atoms with Crippen molar-refractivity contribution in [2.24, 2.45) is 5.41 Å². The number of benzene rings is 1. The Bertz CT molecular complexity index is 527. The van der Waals surface area contributed by atoms with Gasteiger partial charge >= 0.3 is 12.0 Å². The lowest BCUT2D eigenvalue weighted by atomic mass is 10.1. The number of hydrogen-bond donors (Lipinski definition) is 3. The minimum Gasteiger partial charge on any atom is -0.478 e. The van der Waals surface area contributed by atoms with Crippen LogP contribution in [-0.4, -0.2) is 23.7 Å². The first-order valence-electron chi connectivity index (χ1n) is 5.98. The number of hydrogen-bond acceptors (Lipinski definition) is 2. The molecule has 1 aromatic carbocycles. The molecule has 1 aliphatic carbocycles. The fourth-order valence-electron chi connectivity index (χ4n) is 1.67. The summed E-state index contributed by atoms with van der Waals surface area (Å²) in [4.78, 5) is 22.6. The van der Waals surface area contributed by atoms with E-state index in [1.807, 2.05) is 6.92 Å². The molecule has 1 fully saturated rings. The van der Waals surface area contributed by atoms with Crippen LogP contribution >= 0.6 is 0 Å². The van der Waals surface area contributed by atoms with E-state index in [9.17, 15) is 14.0 Å². The molecule has 0 unspecified atom stereocenters. The summed E-state index contributed by atoms with van der Waals surface area (Å²) in [6.07, 6.45) is 2.10. The molecule has 2 amide bonds. The van der Waals surface area contributed by atoms with E-state index in [1.165, 1.54) is 12.1 Å².